The van der Waals surface area contributed by atoms with E-state index in [1.54, 1.807) is 6.07 Å². The number of hydrogen-bond donors (Lipinski definition) is 1. The van der Waals surface area contributed by atoms with E-state index in [0.717, 1.165) is 17.9 Å². The predicted molar refractivity (Wildman–Crippen MR) is 106 cm³/mol. The molecule has 2 aromatic rings. The van der Waals surface area contributed by atoms with Gasteiger partial charge in [-0.2, -0.15) is 0 Å². The van der Waals surface area contributed by atoms with Gasteiger partial charge in [-0.15, -0.1) is 0 Å². The molecule has 24 heavy (non-hydrogen) atoms. The van der Waals surface area contributed by atoms with E-state index >= 15 is 0 Å². The molecular formula is C16H12Br4O4. The van der Waals surface area contributed by atoms with Crippen molar-refractivity contribution < 1.29 is 19.4 Å². The normalized spacial score (nSPS) is 10.5. The Bertz CT molecular complexity index is 749. The van der Waals surface area contributed by atoms with Gasteiger partial charge in [-0.1, -0.05) is 15.9 Å². The molecule has 128 valence electrons. The Morgan fingerprint density at radius 1 is 0.917 bits per heavy atom. The van der Waals surface area contributed by atoms with Gasteiger partial charge in [0.1, 0.15) is 17.2 Å². The molecule has 1 N–H and O–H groups in total. The van der Waals surface area contributed by atoms with E-state index in [1.165, 1.54) is 0 Å². The monoisotopic (exact) mass is 584 g/mol. The van der Waals surface area contributed by atoms with Gasteiger partial charge in [-0.3, -0.25) is 4.79 Å². The maximum absolute atomic E-state index is 10.5. The standard InChI is InChI=1S/C16H12Br4O4/c17-9-3-4-13(10(18)6-9)24-15-8-14(11(19)7-12(15)20)23-5-1-2-16(21)22/h3-4,6-8H,1-2,5H2,(H,21,22). The topological polar surface area (TPSA) is 55.8 Å². The first-order valence-corrected chi connectivity index (χ1v) is 10.0. The quantitative estimate of drug-likeness (QED) is 0.363. The Morgan fingerprint density at radius 2 is 1.58 bits per heavy atom. The molecule has 0 radical (unpaired) electrons. The maximum Gasteiger partial charge on any atom is 0.303 e. The average Bonchev–Trinajstić information content (AvgIpc) is 2.50. The number of aliphatic carboxylic acids is 1. The third kappa shape index (κ3) is 5.75. The first-order chi connectivity index (χ1) is 11.4. The highest BCUT2D eigenvalue weighted by atomic mass is 79.9. The van der Waals surface area contributed by atoms with Crippen molar-refractivity contribution in [2.24, 2.45) is 0 Å². The second kappa shape index (κ2) is 9.22. The largest absolute Gasteiger partial charge is 0.492 e. The molecule has 0 saturated heterocycles. The lowest BCUT2D eigenvalue weighted by atomic mass is 10.3. The van der Waals surface area contributed by atoms with Crippen LogP contribution in [0, 0.1) is 0 Å². The minimum absolute atomic E-state index is 0.0728. The van der Waals surface area contributed by atoms with Crippen molar-refractivity contribution in [2.45, 2.75) is 12.8 Å². The second-order valence-electron chi connectivity index (χ2n) is 4.74. The first-order valence-electron chi connectivity index (χ1n) is 6.83. The summed E-state index contributed by atoms with van der Waals surface area (Å²) in [6, 6.07) is 9.20. The Kier molecular flexibility index (Phi) is 7.59. The summed E-state index contributed by atoms with van der Waals surface area (Å²) in [5, 5.41) is 8.66. The summed E-state index contributed by atoms with van der Waals surface area (Å²) in [5.41, 5.74) is 0. The molecular weight excluding hydrogens is 576 g/mol. The van der Waals surface area contributed by atoms with Crippen LogP contribution in [0.25, 0.3) is 0 Å². The van der Waals surface area contributed by atoms with Crippen molar-refractivity contribution in [2.75, 3.05) is 6.61 Å². The average molecular weight is 588 g/mol. The highest BCUT2D eigenvalue weighted by Crippen LogP contribution is 2.40. The van der Waals surface area contributed by atoms with E-state index in [-0.39, 0.29) is 6.42 Å². The van der Waals surface area contributed by atoms with Crippen molar-refractivity contribution in [3.8, 4) is 17.2 Å². The van der Waals surface area contributed by atoms with Gasteiger partial charge in [0.25, 0.3) is 0 Å². The molecule has 0 aliphatic heterocycles. The van der Waals surface area contributed by atoms with E-state index in [4.69, 9.17) is 14.6 Å². The molecule has 0 fully saturated rings. The summed E-state index contributed by atoms with van der Waals surface area (Å²) in [6.45, 7) is 0.313. The fourth-order valence-electron chi connectivity index (χ4n) is 1.78. The third-order valence-electron chi connectivity index (χ3n) is 2.89. The summed E-state index contributed by atoms with van der Waals surface area (Å²) < 4.78 is 14.8. The Labute approximate surface area is 173 Å². The molecule has 0 heterocycles. The molecule has 0 amide bonds. The lowest BCUT2D eigenvalue weighted by Crippen LogP contribution is -2.02. The van der Waals surface area contributed by atoms with Crippen molar-refractivity contribution in [1.29, 1.82) is 0 Å². The predicted octanol–water partition coefficient (Wildman–Crippen LogP) is 6.77. The summed E-state index contributed by atoms with van der Waals surface area (Å²) in [4.78, 5) is 10.5. The van der Waals surface area contributed by atoms with E-state index in [2.05, 4.69) is 63.7 Å². The van der Waals surface area contributed by atoms with Gasteiger partial charge in [0.2, 0.25) is 0 Å². The third-order valence-corrected chi connectivity index (χ3v) is 5.25. The van der Waals surface area contributed by atoms with Gasteiger partial charge < -0.3 is 14.6 Å². The molecule has 8 heteroatoms. The van der Waals surface area contributed by atoms with Gasteiger partial charge in [0.15, 0.2) is 0 Å². The number of ether oxygens (including phenoxy) is 2. The van der Waals surface area contributed by atoms with Crippen LogP contribution in [0.3, 0.4) is 0 Å². The van der Waals surface area contributed by atoms with Crippen LogP contribution in [0.5, 0.6) is 17.2 Å². The van der Waals surface area contributed by atoms with Crippen LogP contribution in [0.1, 0.15) is 12.8 Å². The summed E-state index contributed by atoms with van der Waals surface area (Å²) in [6.07, 6.45) is 0.510. The number of halogens is 4. The number of benzene rings is 2. The van der Waals surface area contributed by atoms with Gasteiger partial charge >= 0.3 is 5.97 Å². The fraction of sp³-hybridized carbons (Fsp3) is 0.188. The Morgan fingerprint density at radius 3 is 2.25 bits per heavy atom. The summed E-state index contributed by atoms with van der Waals surface area (Å²) in [5.74, 6) is 1.01. The van der Waals surface area contributed by atoms with Crippen LogP contribution in [-0.2, 0) is 4.79 Å². The Balaban J connectivity index is 2.14. The maximum atomic E-state index is 10.5. The van der Waals surface area contributed by atoms with E-state index in [9.17, 15) is 4.79 Å². The van der Waals surface area contributed by atoms with Crippen LogP contribution in [0.15, 0.2) is 48.2 Å². The minimum Gasteiger partial charge on any atom is -0.492 e. The van der Waals surface area contributed by atoms with Crippen molar-refractivity contribution in [3.05, 3.63) is 48.2 Å². The van der Waals surface area contributed by atoms with Crippen LogP contribution in [-0.4, -0.2) is 17.7 Å². The van der Waals surface area contributed by atoms with Crippen LogP contribution in [0.4, 0.5) is 0 Å². The molecule has 0 spiro atoms. The van der Waals surface area contributed by atoms with Crippen molar-refractivity contribution >= 4 is 69.7 Å². The molecule has 0 bridgehead atoms. The van der Waals surface area contributed by atoms with Gasteiger partial charge in [-0.25, -0.2) is 0 Å². The van der Waals surface area contributed by atoms with Crippen LogP contribution in [0.2, 0.25) is 0 Å². The van der Waals surface area contributed by atoms with Gasteiger partial charge in [0, 0.05) is 17.0 Å². The van der Waals surface area contributed by atoms with Crippen molar-refractivity contribution in [3.63, 3.8) is 0 Å². The molecule has 2 aromatic carbocycles. The molecule has 0 unspecified atom stereocenters. The van der Waals surface area contributed by atoms with Crippen LogP contribution >= 0.6 is 63.7 Å². The zero-order valence-electron chi connectivity index (χ0n) is 12.2. The minimum atomic E-state index is -0.836. The van der Waals surface area contributed by atoms with Crippen LogP contribution < -0.4 is 9.47 Å². The summed E-state index contributed by atoms with van der Waals surface area (Å²) >= 11 is 13.8. The molecule has 0 aliphatic carbocycles. The highest BCUT2D eigenvalue weighted by molar-refractivity contribution is 9.11. The lowest BCUT2D eigenvalue weighted by Gasteiger charge is -2.13. The van der Waals surface area contributed by atoms with E-state index < -0.39 is 5.97 Å². The number of carbonyl (C=O) groups is 1. The number of carboxylic acid groups (broad SMARTS) is 1. The molecule has 0 aromatic heterocycles. The Hall–Kier alpha value is -0.570. The first kappa shape index (κ1) is 19.8. The van der Waals surface area contributed by atoms with Gasteiger partial charge in [-0.05, 0) is 78.5 Å². The highest BCUT2D eigenvalue weighted by Gasteiger charge is 2.12. The van der Waals surface area contributed by atoms with E-state index in [0.29, 0.717) is 30.3 Å². The number of hydrogen-bond acceptors (Lipinski definition) is 3. The molecule has 0 saturated carbocycles. The SMILES string of the molecule is O=C(O)CCCOc1cc(Oc2ccc(Br)cc2Br)c(Br)cc1Br. The number of rotatable bonds is 7. The molecule has 4 nitrogen and oxygen atoms in total. The zero-order chi connectivity index (χ0) is 17.7. The smallest absolute Gasteiger partial charge is 0.303 e. The van der Waals surface area contributed by atoms with Gasteiger partial charge in [0.05, 0.1) is 20.0 Å². The lowest BCUT2D eigenvalue weighted by molar-refractivity contribution is -0.137. The molecule has 2 rings (SSSR count). The zero-order valence-corrected chi connectivity index (χ0v) is 18.5. The second-order valence-corrected chi connectivity index (χ2v) is 8.21. The van der Waals surface area contributed by atoms with Crippen molar-refractivity contribution in [1.82, 2.24) is 0 Å². The van der Waals surface area contributed by atoms with E-state index in [1.807, 2.05) is 24.3 Å². The molecule has 0 aliphatic rings. The number of carboxylic acids is 1. The molecule has 0 atom stereocenters. The summed E-state index contributed by atoms with van der Waals surface area (Å²) in [7, 11) is 0. The fourth-order valence-corrected chi connectivity index (χ4v) is 4.10.